The number of pyridine rings is 1. The number of nitrogens with zero attached hydrogens (tertiary/aromatic N) is 4. The van der Waals surface area contributed by atoms with Crippen LogP contribution in [-0.2, 0) is 0 Å². The van der Waals surface area contributed by atoms with Crippen LogP contribution >= 0.6 is 0 Å². The molecule has 0 radical (unpaired) electrons. The highest BCUT2D eigenvalue weighted by Crippen LogP contribution is 2.34. The van der Waals surface area contributed by atoms with Gasteiger partial charge in [0.25, 0.3) is 5.56 Å². The van der Waals surface area contributed by atoms with Gasteiger partial charge >= 0.3 is 0 Å². The van der Waals surface area contributed by atoms with Crippen molar-refractivity contribution in [2.75, 3.05) is 0 Å². The standard InChI is InChI=1S/C20H22N4O2/c1-13-8-10-15(11-9-13)22-23-18-14(2)17(12-21)19(25)24(20(18)26)16-6-4-3-5-7-16/h8-11,16,25H,3-7H2,1-2H3. The molecule has 0 aliphatic heterocycles. The highest BCUT2D eigenvalue weighted by Gasteiger charge is 2.25. The molecular weight excluding hydrogens is 328 g/mol. The number of aromatic hydroxyl groups is 1. The summed E-state index contributed by atoms with van der Waals surface area (Å²) in [6.45, 7) is 3.60. The number of hydrogen-bond donors (Lipinski definition) is 1. The molecule has 0 spiro atoms. The Morgan fingerprint density at radius 2 is 1.77 bits per heavy atom. The molecule has 2 aromatic rings. The molecule has 6 nitrogen and oxygen atoms in total. The van der Waals surface area contributed by atoms with Crippen LogP contribution in [-0.4, -0.2) is 9.67 Å². The summed E-state index contributed by atoms with van der Waals surface area (Å²) < 4.78 is 1.34. The third-order valence-corrected chi connectivity index (χ3v) is 4.95. The van der Waals surface area contributed by atoms with Gasteiger partial charge in [-0.25, -0.2) is 0 Å². The average Bonchev–Trinajstić information content (AvgIpc) is 2.64. The van der Waals surface area contributed by atoms with Crippen molar-refractivity contribution in [1.29, 1.82) is 5.26 Å². The molecule has 1 aromatic carbocycles. The van der Waals surface area contributed by atoms with Crippen LogP contribution in [0.2, 0.25) is 0 Å². The Bertz CT molecular complexity index is 930. The first-order valence-electron chi connectivity index (χ1n) is 8.89. The van der Waals surface area contributed by atoms with Crippen molar-refractivity contribution in [2.45, 2.75) is 52.0 Å². The van der Waals surface area contributed by atoms with Crippen LogP contribution in [0.15, 0.2) is 39.3 Å². The fourth-order valence-corrected chi connectivity index (χ4v) is 3.43. The van der Waals surface area contributed by atoms with E-state index in [1.807, 2.05) is 37.3 Å². The molecule has 0 unspecified atom stereocenters. The minimum Gasteiger partial charge on any atom is -0.493 e. The zero-order valence-corrected chi connectivity index (χ0v) is 15.1. The van der Waals surface area contributed by atoms with Crippen LogP contribution in [0.25, 0.3) is 0 Å². The lowest BCUT2D eigenvalue weighted by atomic mass is 9.94. The first-order valence-corrected chi connectivity index (χ1v) is 8.89. The van der Waals surface area contributed by atoms with Gasteiger partial charge in [0.15, 0.2) is 5.69 Å². The van der Waals surface area contributed by atoms with E-state index in [1.165, 1.54) is 4.57 Å². The van der Waals surface area contributed by atoms with E-state index in [1.54, 1.807) is 6.92 Å². The lowest BCUT2D eigenvalue weighted by Crippen LogP contribution is -2.27. The Kier molecular flexibility index (Phi) is 5.17. The predicted octanol–water partition coefficient (Wildman–Crippen LogP) is 4.96. The first kappa shape index (κ1) is 17.9. The van der Waals surface area contributed by atoms with Crippen molar-refractivity contribution in [1.82, 2.24) is 4.57 Å². The van der Waals surface area contributed by atoms with E-state index < -0.39 is 0 Å². The molecule has 1 N–H and O–H groups in total. The topological polar surface area (TPSA) is 90.7 Å². The van der Waals surface area contributed by atoms with Crippen LogP contribution < -0.4 is 5.56 Å². The minimum absolute atomic E-state index is 0.0908. The molecule has 6 heteroatoms. The number of aromatic nitrogens is 1. The number of azo groups is 1. The summed E-state index contributed by atoms with van der Waals surface area (Å²) in [5.74, 6) is -0.254. The number of rotatable bonds is 3. The van der Waals surface area contributed by atoms with Gasteiger partial charge in [0.1, 0.15) is 11.6 Å². The second-order valence-electron chi connectivity index (χ2n) is 6.79. The monoisotopic (exact) mass is 350 g/mol. The summed E-state index contributed by atoms with van der Waals surface area (Å²) in [5, 5.41) is 28.3. The van der Waals surface area contributed by atoms with Crippen molar-refractivity contribution in [3.8, 4) is 11.9 Å². The molecule has 3 rings (SSSR count). The van der Waals surface area contributed by atoms with Gasteiger partial charge in [0.2, 0.25) is 5.88 Å². The fourth-order valence-electron chi connectivity index (χ4n) is 3.43. The van der Waals surface area contributed by atoms with Gasteiger partial charge in [0.05, 0.1) is 5.69 Å². The summed E-state index contributed by atoms with van der Waals surface area (Å²) in [7, 11) is 0. The molecule has 1 heterocycles. The Balaban J connectivity index is 2.10. The number of aryl methyl sites for hydroxylation is 1. The predicted molar refractivity (Wildman–Crippen MR) is 99.3 cm³/mol. The smallest absolute Gasteiger partial charge is 0.281 e. The quantitative estimate of drug-likeness (QED) is 0.793. The van der Waals surface area contributed by atoms with Crippen molar-refractivity contribution in [3.63, 3.8) is 0 Å². The molecule has 1 aliphatic carbocycles. The highest BCUT2D eigenvalue weighted by atomic mass is 16.3. The Labute approximate surface area is 152 Å². The van der Waals surface area contributed by atoms with E-state index in [0.717, 1.165) is 37.7 Å². The van der Waals surface area contributed by atoms with E-state index in [4.69, 9.17) is 0 Å². The van der Waals surface area contributed by atoms with Crippen LogP contribution in [0.3, 0.4) is 0 Å². The van der Waals surface area contributed by atoms with Crippen molar-refractivity contribution < 1.29 is 5.11 Å². The van der Waals surface area contributed by atoms with Gasteiger partial charge in [-0.3, -0.25) is 9.36 Å². The summed E-state index contributed by atoms with van der Waals surface area (Å²) in [5.41, 5.74) is 1.92. The lowest BCUT2D eigenvalue weighted by Gasteiger charge is -2.25. The van der Waals surface area contributed by atoms with Crippen molar-refractivity contribution in [3.05, 3.63) is 51.3 Å². The molecule has 1 aromatic heterocycles. The molecule has 0 atom stereocenters. The number of nitriles is 1. The molecule has 0 saturated heterocycles. The molecular formula is C20H22N4O2. The summed E-state index contributed by atoms with van der Waals surface area (Å²) >= 11 is 0. The Morgan fingerprint density at radius 3 is 2.38 bits per heavy atom. The van der Waals surface area contributed by atoms with Crippen molar-refractivity contribution >= 4 is 11.4 Å². The zero-order valence-electron chi connectivity index (χ0n) is 15.1. The van der Waals surface area contributed by atoms with Gasteiger partial charge in [-0.05, 0) is 38.8 Å². The summed E-state index contributed by atoms with van der Waals surface area (Å²) in [6.07, 6.45) is 4.77. The van der Waals surface area contributed by atoms with Gasteiger partial charge in [-0.2, -0.15) is 10.4 Å². The maximum Gasteiger partial charge on any atom is 0.281 e. The Hall–Kier alpha value is -2.94. The lowest BCUT2D eigenvalue weighted by molar-refractivity contribution is 0.303. The first-order chi connectivity index (χ1) is 12.5. The van der Waals surface area contributed by atoms with Crippen LogP contribution in [0, 0.1) is 25.2 Å². The average molecular weight is 350 g/mol. The third-order valence-electron chi connectivity index (χ3n) is 4.95. The van der Waals surface area contributed by atoms with Crippen LogP contribution in [0.4, 0.5) is 11.4 Å². The molecule has 1 saturated carbocycles. The van der Waals surface area contributed by atoms with Crippen LogP contribution in [0.1, 0.15) is 54.8 Å². The SMILES string of the molecule is Cc1ccc(N=Nc2c(C)c(C#N)c(O)n(C3CCCCC3)c2=O)cc1. The maximum absolute atomic E-state index is 13.0. The van der Waals surface area contributed by atoms with E-state index in [2.05, 4.69) is 10.2 Å². The molecule has 0 bridgehead atoms. The zero-order chi connectivity index (χ0) is 18.7. The highest BCUT2D eigenvalue weighted by molar-refractivity contribution is 5.57. The van der Waals surface area contributed by atoms with Gasteiger partial charge in [-0.1, -0.05) is 37.0 Å². The summed E-state index contributed by atoms with van der Waals surface area (Å²) in [4.78, 5) is 13.0. The molecule has 134 valence electrons. The number of benzene rings is 1. The maximum atomic E-state index is 13.0. The van der Waals surface area contributed by atoms with E-state index in [9.17, 15) is 15.2 Å². The molecule has 0 amide bonds. The third kappa shape index (κ3) is 3.38. The van der Waals surface area contributed by atoms with Crippen LogP contribution in [0.5, 0.6) is 5.88 Å². The number of hydrogen-bond acceptors (Lipinski definition) is 5. The van der Waals surface area contributed by atoms with Gasteiger partial charge in [-0.15, -0.1) is 5.11 Å². The second-order valence-corrected chi connectivity index (χ2v) is 6.79. The second kappa shape index (κ2) is 7.52. The fraction of sp³-hybridized carbons (Fsp3) is 0.400. The van der Waals surface area contributed by atoms with E-state index in [0.29, 0.717) is 11.3 Å². The Morgan fingerprint density at radius 1 is 1.12 bits per heavy atom. The van der Waals surface area contributed by atoms with E-state index >= 15 is 0 Å². The largest absolute Gasteiger partial charge is 0.493 e. The molecule has 1 fully saturated rings. The summed E-state index contributed by atoms with van der Waals surface area (Å²) in [6, 6.07) is 9.37. The minimum atomic E-state index is -0.387. The van der Waals surface area contributed by atoms with E-state index in [-0.39, 0.29) is 28.7 Å². The normalized spacial score (nSPS) is 15.3. The molecule has 26 heavy (non-hydrogen) atoms. The van der Waals surface area contributed by atoms with Gasteiger partial charge < -0.3 is 5.11 Å². The van der Waals surface area contributed by atoms with Crippen molar-refractivity contribution in [2.24, 2.45) is 10.2 Å². The molecule has 1 aliphatic rings. The van der Waals surface area contributed by atoms with Gasteiger partial charge in [0, 0.05) is 11.6 Å².